The largest absolute Gasteiger partial charge is 0.494 e. The molecule has 1 fully saturated rings. The summed E-state index contributed by atoms with van der Waals surface area (Å²) >= 11 is 6.02. The standard InChI is InChI=1S/C21H17ClN2O4/c1-12(25)24-17-11-14(22)6-9-16(17)19(21(24)28)20(27)13-4-7-15(8-5-13)23-10-2-3-18(23)26/h4-9,11,28H,2-3,10H2,1H3. The lowest BCUT2D eigenvalue weighted by atomic mass is 10.0. The lowest BCUT2D eigenvalue weighted by Gasteiger charge is -2.15. The summed E-state index contributed by atoms with van der Waals surface area (Å²) in [4.78, 5) is 38.7. The summed E-state index contributed by atoms with van der Waals surface area (Å²) in [5.41, 5.74) is 1.51. The second-order valence-electron chi connectivity index (χ2n) is 6.74. The van der Waals surface area contributed by atoms with Crippen molar-refractivity contribution in [3.8, 4) is 5.88 Å². The van der Waals surface area contributed by atoms with E-state index in [1.54, 1.807) is 41.3 Å². The Hall–Kier alpha value is -3.12. The van der Waals surface area contributed by atoms with Crippen LogP contribution in [0.1, 0.15) is 40.5 Å². The fourth-order valence-electron chi connectivity index (χ4n) is 3.65. The topological polar surface area (TPSA) is 79.6 Å². The van der Waals surface area contributed by atoms with E-state index in [1.165, 1.54) is 13.0 Å². The second-order valence-corrected chi connectivity index (χ2v) is 7.18. The van der Waals surface area contributed by atoms with Crippen LogP contribution in [-0.4, -0.2) is 33.8 Å². The number of hydrogen-bond acceptors (Lipinski definition) is 4. The molecule has 1 aliphatic rings. The Morgan fingerprint density at radius 2 is 1.82 bits per heavy atom. The van der Waals surface area contributed by atoms with Gasteiger partial charge in [-0.25, -0.2) is 4.57 Å². The fraction of sp³-hybridized carbons (Fsp3) is 0.190. The number of amides is 1. The zero-order valence-corrected chi connectivity index (χ0v) is 15.9. The molecule has 0 saturated carbocycles. The van der Waals surface area contributed by atoms with Crippen molar-refractivity contribution in [1.29, 1.82) is 0 Å². The van der Waals surface area contributed by atoms with Crippen molar-refractivity contribution < 1.29 is 19.5 Å². The van der Waals surface area contributed by atoms with Gasteiger partial charge in [0, 0.05) is 41.5 Å². The third-order valence-corrected chi connectivity index (χ3v) is 5.20. The molecular weight excluding hydrogens is 380 g/mol. The first-order valence-electron chi connectivity index (χ1n) is 8.87. The highest BCUT2D eigenvalue weighted by molar-refractivity contribution is 6.31. The number of nitrogens with zero attached hydrogens (tertiary/aromatic N) is 2. The number of carbonyl (C=O) groups is 3. The van der Waals surface area contributed by atoms with Crippen molar-refractivity contribution >= 4 is 45.8 Å². The summed E-state index contributed by atoms with van der Waals surface area (Å²) < 4.78 is 1.08. The number of benzene rings is 2. The number of halogens is 1. The fourth-order valence-corrected chi connectivity index (χ4v) is 3.81. The Morgan fingerprint density at radius 1 is 1.11 bits per heavy atom. The number of carbonyl (C=O) groups excluding carboxylic acids is 3. The lowest BCUT2D eigenvalue weighted by Crippen LogP contribution is -2.23. The van der Waals surface area contributed by atoms with Gasteiger partial charge in [0.1, 0.15) is 0 Å². The van der Waals surface area contributed by atoms with Crippen LogP contribution in [0.2, 0.25) is 5.02 Å². The Labute approximate surface area is 165 Å². The Kier molecular flexibility index (Phi) is 4.43. The third kappa shape index (κ3) is 2.86. The molecule has 4 rings (SSSR count). The zero-order chi connectivity index (χ0) is 20.0. The van der Waals surface area contributed by atoms with Crippen LogP contribution in [0.15, 0.2) is 42.5 Å². The molecule has 0 spiro atoms. The van der Waals surface area contributed by atoms with E-state index in [9.17, 15) is 19.5 Å². The molecule has 28 heavy (non-hydrogen) atoms. The normalized spacial score (nSPS) is 14.1. The van der Waals surface area contributed by atoms with Crippen molar-refractivity contribution in [2.24, 2.45) is 0 Å². The highest BCUT2D eigenvalue weighted by Crippen LogP contribution is 2.35. The van der Waals surface area contributed by atoms with Crippen LogP contribution in [0.4, 0.5) is 5.69 Å². The molecule has 1 aromatic heterocycles. The van der Waals surface area contributed by atoms with Crippen LogP contribution < -0.4 is 4.90 Å². The van der Waals surface area contributed by atoms with Gasteiger partial charge in [-0.15, -0.1) is 0 Å². The van der Waals surface area contributed by atoms with Gasteiger partial charge >= 0.3 is 0 Å². The van der Waals surface area contributed by atoms with Crippen molar-refractivity contribution in [2.45, 2.75) is 19.8 Å². The number of aromatic hydroxyl groups is 1. The molecule has 1 N–H and O–H groups in total. The molecule has 6 nitrogen and oxygen atoms in total. The summed E-state index contributed by atoms with van der Waals surface area (Å²) in [5.74, 6) is -1.18. The summed E-state index contributed by atoms with van der Waals surface area (Å²) in [6, 6.07) is 11.4. The van der Waals surface area contributed by atoms with Crippen LogP contribution in [0.3, 0.4) is 0 Å². The maximum Gasteiger partial charge on any atom is 0.230 e. The van der Waals surface area contributed by atoms with Crippen LogP contribution in [0, 0.1) is 0 Å². The summed E-state index contributed by atoms with van der Waals surface area (Å²) in [6.07, 6.45) is 1.35. The minimum Gasteiger partial charge on any atom is -0.494 e. The number of hydrogen-bond donors (Lipinski definition) is 1. The van der Waals surface area contributed by atoms with Gasteiger partial charge in [-0.2, -0.15) is 0 Å². The predicted octanol–water partition coefficient (Wildman–Crippen LogP) is 4.02. The molecule has 3 aromatic rings. The summed E-state index contributed by atoms with van der Waals surface area (Å²) in [6.45, 7) is 1.97. The second kappa shape index (κ2) is 6.80. The van der Waals surface area contributed by atoms with Gasteiger partial charge in [0.05, 0.1) is 11.1 Å². The van der Waals surface area contributed by atoms with E-state index in [0.717, 1.165) is 16.7 Å². The van der Waals surface area contributed by atoms with E-state index in [2.05, 4.69) is 0 Å². The molecule has 0 atom stereocenters. The van der Waals surface area contributed by atoms with Crippen LogP contribution >= 0.6 is 11.6 Å². The van der Waals surface area contributed by atoms with Crippen molar-refractivity contribution in [1.82, 2.24) is 4.57 Å². The predicted molar refractivity (Wildman–Crippen MR) is 106 cm³/mol. The van der Waals surface area contributed by atoms with E-state index in [1.807, 2.05) is 0 Å². The number of anilines is 1. The van der Waals surface area contributed by atoms with Crippen molar-refractivity contribution in [2.75, 3.05) is 11.4 Å². The van der Waals surface area contributed by atoms with Crippen molar-refractivity contribution in [3.63, 3.8) is 0 Å². The van der Waals surface area contributed by atoms with E-state index in [4.69, 9.17) is 11.6 Å². The molecular formula is C21H17ClN2O4. The monoisotopic (exact) mass is 396 g/mol. The smallest absolute Gasteiger partial charge is 0.230 e. The molecule has 142 valence electrons. The van der Waals surface area contributed by atoms with Gasteiger partial charge in [-0.1, -0.05) is 17.7 Å². The Balaban J connectivity index is 1.78. The van der Waals surface area contributed by atoms with E-state index >= 15 is 0 Å². The summed E-state index contributed by atoms with van der Waals surface area (Å²) in [7, 11) is 0. The van der Waals surface area contributed by atoms with Gasteiger partial charge in [0.15, 0.2) is 5.78 Å². The molecule has 2 aromatic carbocycles. The maximum atomic E-state index is 13.1. The molecule has 0 bridgehead atoms. The van der Waals surface area contributed by atoms with Crippen molar-refractivity contribution in [3.05, 3.63) is 58.6 Å². The number of aromatic nitrogens is 1. The first kappa shape index (κ1) is 18.3. The van der Waals surface area contributed by atoms with E-state index in [-0.39, 0.29) is 11.5 Å². The summed E-state index contributed by atoms with van der Waals surface area (Å²) in [5, 5.41) is 11.4. The average molecular weight is 397 g/mol. The average Bonchev–Trinajstić information content (AvgIpc) is 3.21. The Bertz CT molecular complexity index is 1130. The maximum absolute atomic E-state index is 13.1. The first-order chi connectivity index (χ1) is 13.4. The molecule has 0 radical (unpaired) electrons. The van der Waals surface area contributed by atoms with E-state index < -0.39 is 17.6 Å². The van der Waals surface area contributed by atoms with Crippen LogP contribution in [-0.2, 0) is 4.79 Å². The highest BCUT2D eigenvalue weighted by Gasteiger charge is 2.26. The van der Waals surface area contributed by atoms with Gasteiger partial charge in [0.25, 0.3) is 0 Å². The van der Waals surface area contributed by atoms with Gasteiger partial charge in [0.2, 0.25) is 17.7 Å². The highest BCUT2D eigenvalue weighted by atomic mass is 35.5. The lowest BCUT2D eigenvalue weighted by molar-refractivity contribution is -0.117. The molecule has 2 heterocycles. The molecule has 0 aliphatic carbocycles. The third-order valence-electron chi connectivity index (χ3n) is 4.96. The molecule has 1 amide bonds. The van der Waals surface area contributed by atoms with Gasteiger partial charge in [-0.05, 0) is 42.8 Å². The van der Waals surface area contributed by atoms with Crippen LogP contribution in [0.5, 0.6) is 5.88 Å². The van der Waals surface area contributed by atoms with E-state index in [0.29, 0.717) is 34.5 Å². The minimum atomic E-state index is -0.424. The molecule has 7 heteroatoms. The number of ketones is 1. The SMILES string of the molecule is CC(=O)n1c(O)c(C(=O)c2ccc(N3CCCC3=O)cc2)c2ccc(Cl)cc21. The Morgan fingerprint density at radius 3 is 2.43 bits per heavy atom. The molecule has 1 aliphatic heterocycles. The zero-order valence-electron chi connectivity index (χ0n) is 15.1. The molecule has 1 saturated heterocycles. The quantitative estimate of drug-likeness (QED) is 0.678. The van der Waals surface area contributed by atoms with Crippen LogP contribution in [0.25, 0.3) is 10.9 Å². The van der Waals surface area contributed by atoms with Gasteiger partial charge < -0.3 is 10.0 Å². The minimum absolute atomic E-state index is 0.0480. The number of fused-ring (bicyclic) bond motifs is 1. The first-order valence-corrected chi connectivity index (χ1v) is 9.25. The van der Waals surface area contributed by atoms with Gasteiger partial charge in [-0.3, -0.25) is 14.4 Å². The molecule has 0 unspecified atom stereocenters. The number of rotatable bonds is 3.